The zero-order valence-electron chi connectivity index (χ0n) is 13.9. The van der Waals surface area contributed by atoms with Gasteiger partial charge in [0, 0.05) is 38.0 Å². The van der Waals surface area contributed by atoms with E-state index in [2.05, 4.69) is 10.3 Å². The molecule has 0 aliphatic heterocycles. The van der Waals surface area contributed by atoms with Gasteiger partial charge in [0.1, 0.15) is 5.75 Å². The van der Waals surface area contributed by atoms with Gasteiger partial charge in [-0.2, -0.15) is 0 Å². The highest BCUT2D eigenvalue weighted by Gasteiger charge is 2.14. The Labute approximate surface area is 141 Å². The van der Waals surface area contributed by atoms with Crippen LogP contribution in [0.25, 0.3) is 0 Å². The molecule has 0 unspecified atom stereocenters. The molecule has 1 aromatic heterocycles. The second kappa shape index (κ2) is 8.67. The lowest BCUT2D eigenvalue weighted by atomic mass is 10.2. The van der Waals surface area contributed by atoms with Crippen LogP contribution in [-0.2, 0) is 22.7 Å². The van der Waals surface area contributed by atoms with E-state index in [0.29, 0.717) is 13.1 Å². The van der Waals surface area contributed by atoms with Gasteiger partial charge < -0.3 is 15.0 Å². The Bertz CT molecular complexity index is 689. The number of nitrogens with one attached hydrogen (secondary N) is 1. The summed E-state index contributed by atoms with van der Waals surface area (Å²) in [7, 11) is 1.59. The summed E-state index contributed by atoms with van der Waals surface area (Å²) in [5, 5.41) is 2.82. The van der Waals surface area contributed by atoms with E-state index in [1.54, 1.807) is 19.5 Å². The molecule has 0 bridgehead atoms. The van der Waals surface area contributed by atoms with Crippen molar-refractivity contribution in [2.75, 3.05) is 13.7 Å². The third kappa shape index (κ3) is 5.08. The predicted octanol–water partition coefficient (Wildman–Crippen LogP) is 1.76. The summed E-state index contributed by atoms with van der Waals surface area (Å²) in [5.74, 6) is 0.349. The molecule has 1 aromatic carbocycles. The number of carbonyl (C=O) groups is 2. The fraction of sp³-hybridized carbons (Fsp3) is 0.278. The van der Waals surface area contributed by atoms with Crippen LogP contribution in [0, 0.1) is 0 Å². The van der Waals surface area contributed by atoms with Gasteiger partial charge in [0.25, 0.3) is 0 Å². The Kier molecular flexibility index (Phi) is 6.31. The first-order valence-corrected chi connectivity index (χ1v) is 7.63. The van der Waals surface area contributed by atoms with E-state index >= 15 is 0 Å². The summed E-state index contributed by atoms with van der Waals surface area (Å²) >= 11 is 0. The maximum absolute atomic E-state index is 12.2. The van der Waals surface area contributed by atoms with Crippen molar-refractivity contribution in [1.29, 1.82) is 0 Å². The summed E-state index contributed by atoms with van der Waals surface area (Å²) in [4.78, 5) is 29.4. The van der Waals surface area contributed by atoms with Gasteiger partial charge in [0.05, 0.1) is 13.7 Å². The zero-order chi connectivity index (χ0) is 17.4. The number of pyridine rings is 1. The number of nitrogens with zero attached hydrogens (tertiary/aromatic N) is 2. The van der Waals surface area contributed by atoms with Crippen LogP contribution in [0.1, 0.15) is 18.1 Å². The third-order valence-electron chi connectivity index (χ3n) is 3.57. The third-order valence-corrected chi connectivity index (χ3v) is 3.57. The average Bonchev–Trinajstić information content (AvgIpc) is 2.60. The van der Waals surface area contributed by atoms with Crippen LogP contribution in [0.2, 0.25) is 0 Å². The van der Waals surface area contributed by atoms with Gasteiger partial charge in [-0.1, -0.05) is 18.2 Å². The van der Waals surface area contributed by atoms with E-state index in [-0.39, 0.29) is 18.4 Å². The first kappa shape index (κ1) is 17.5. The van der Waals surface area contributed by atoms with Crippen LogP contribution in [0.15, 0.2) is 48.8 Å². The van der Waals surface area contributed by atoms with Gasteiger partial charge in [-0.3, -0.25) is 14.6 Å². The SMILES string of the molecule is COc1ccccc1CNC(=O)CN(Cc1ccncc1)C(C)=O. The van der Waals surface area contributed by atoms with Crippen molar-refractivity contribution in [2.45, 2.75) is 20.0 Å². The molecule has 0 saturated heterocycles. The van der Waals surface area contributed by atoms with Crippen LogP contribution in [0.5, 0.6) is 5.75 Å². The Morgan fingerprint density at radius 2 is 1.88 bits per heavy atom. The van der Waals surface area contributed by atoms with Crippen molar-refractivity contribution in [3.63, 3.8) is 0 Å². The van der Waals surface area contributed by atoms with Crippen molar-refractivity contribution < 1.29 is 14.3 Å². The molecule has 6 nitrogen and oxygen atoms in total. The van der Waals surface area contributed by atoms with E-state index in [1.807, 2.05) is 36.4 Å². The molecule has 24 heavy (non-hydrogen) atoms. The molecule has 0 atom stereocenters. The molecule has 2 rings (SSSR count). The fourth-order valence-corrected chi connectivity index (χ4v) is 2.26. The van der Waals surface area contributed by atoms with E-state index < -0.39 is 0 Å². The highest BCUT2D eigenvalue weighted by Crippen LogP contribution is 2.16. The lowest BCUT2D eigenvalue weighted by Crippen LogP contribution is -2.39. The van der Waals surface area contributed by atoms with Gasteiger partial charge in [-0.15, -0.1) is 0 Å². The zero-order valence-corrected chi connectivity index (χ0v) is 13.9. The smallest absolute Gasteiger partial charge is 0.239 e. The second-order valence-electron chi connectivity index (χ2n) is 5.32. The van der Waals surface area contributed by atoms with Crippen molar-refractivity contribution in [2.24, 2.45) is 0 Å². The monoisotopic (exact) mass is 327 g/mol. The van der Waals surface area contributed by atoms with Crippen molar-refractivity contribution in [3.05, 3.63) is 59.9 Å². The maximum atomic E-state index is 12.2. The first-order chi connectivity index (χ1) is 11.6. The summed E-state index contributed by atoms with van der Waals surface area (Å²) < 4.78 is 5.25. The van der Waals surface area contributed by atoms with Crippen LogP contribution in [0.3, 0.4) is 0 Å². The highest BCUT2D eigenvalue weighted by molar-refractivity contribution is 5.83. The van der Waals surface area contributed by atoms with Gasteiger partial charge >= 0.3 is 0 Å². The number of carbonyl (C=O) groups excluding carboxylic acids is 2. The summed E-state index contributed by atoms with van der Waals surface area (Å²) in [6.07, 6.45) is 3.32. The van der Waals surface area contributed by atoms with Gasteiger partial charge in [-0.25, -0.2) is 0 Å². The Hall–Kier alpha value is -2.89. The molecule has 0 aliphatic rings. The van der Waals surface area contributed by atoms with Gasteiger partial charge in [-0.05, 0) is 23.8 Å². The molecule has 0 spiro atoms. The minimum absolute atomic E-state index is 0.00675. The number of benzene rings is 1. The minimum atomic E-state index is -0.217. The number of para-hydroxylation sites is 1. The molecule has 6 heteroatoms. The Balaban J connectivity index is 1.92. The number of hydrogen-bond donors (Lipinski definition) is 1. The second-order valence-corrected chi connectivity index (χ2v) is 5.32. The van der Waals surface area contributed by atoms with E-state index in [0.717, 1.165) is 16.9 Å². The largest absolute Gasteiger partial charge is 0.496 e. The summed E-state index contributed by atoms with van der Waals surface area (Å²) in [5.41, 5.74) is 1.81. The molecular formula is C18H21N3O3. The lowest BCUT2D eigenvalue weighted by Gasteiger charge is -2.20. The number of aromatic nitrogens is 1. The quantitative estimate of drug-likeness (QED) is 0.841. The molecule has 0 aliphatic carbocycles. The average molecular weight is 327 g/mol. The summed E-state index contributed by atoms with van der Waals surface area (Å²) in [6.45, 7) is 2.19. The highest BCUT2D eigenvalue weighted by atomic mass is 16.5. The van der Waals surface area contributed by atoms with E-state index in [4.69, 9.17) is 4.74 Å². The van der Waals surface area contributed by atoms with Crippen molar-refractivity contribution in [3.8, 4) is 5.75 Å². The number of ether oxygens (including phenoxy) is 1. The number of amides is 2. The Morgan fingerprint density at radius 3 is 2.54 bits per heavy atom. The lowest BCUT2D eigenvalue weighted by molar-refractivity contribution is -0.135. The molecule has 126 valence electrons. The van der Waals surface area contributed by atoms with Crippen LogP contribution in [-0.4, -0.2) is 35.4 Å². The number of rotatable bonds is 7. The van der Waals surface area contributed by atoms with E-state index in [9.17, 15) is 9.59 Å². The minimum Gasteiger partial charge on any atom is -0.496 e. The normalized spacial score (nSPS) is 10.1. The fourth-order valence-electron chi connectivity index (χ4n) is 2.26. The van der Waals surface area contributed by atoms with Crippen LogP contribution < -0.4 is 10.1 Å². The van der Waals surface area contributed by atoms with E-state index in [1.165, 1.54) is 11.8 Å². The molecule has 2 amide bonds. The van der Waals surface area contributed by atoms with Crippen LogP contribution in [0.4, 0.5) is 0 Å². The number of methoxy groups -OCH3 is 1. The summed E-state index contributed by atoms with van der Waals surface area (Å²) in [6, 6.07) is 11.1. The van der Waals surface area contributed by atoms with Gasteiger partial charge in [0.2, 0.25) is 11.8 Å². The van der Waals surface area contributed by atoms with Gasteiger partial charge in [0.15, 0.2) is 0 Å². The van der Waals surface area contributed by atoms with Crippen molar-refractivity contribution in [1.82, 2.24) is 15.2 Å². The molecule has 2 aromatic rings. The molecule has 0 radical (unpaired) electrons. The molecule has 1 N–H and O–H groups in total. The molecule has 1 heterocycles. The Morgan fingerprint density at radius 1 is 1.17 bits per heavy atom. The first-order valence-electron chi connectivity index (χ1n) is 7.63. The van der Waals surface area contributed by atoms with Crippen molar-refractivity contribution >= 4 is 11.8 Å². The maximum Gasteiger partial charge on any atom is 0.239 e. The molecule has 0 saturated carbocycles. The predicted molar refractivity (Wildman–Crippen MR) is 90.2 cm³/mol. The molecule has 0 fully saturated rings. The molecular weight excluding hydrogens is 306 g/mol. The standard InChI is InChI=1S/C18H21N3O3/c1-14(22)21(12-15-7-9-19-10-8-15)13-18(23)20-11-16-5-3-4-6-17(16)24-2/h3-10H,11-13H2,1-2H3,(H,20,23). The number of hydrogen-bond acceptors (Lipinski definition) is 4. The van der Waals surface area contributed by atoms with Crippen LogP contribution >= 0.6 is 0 Å². The topological polar surface area (TPSA) is 71.5 Å².